The Morgan fingerprint density at radius 2 is 1.89 bits per heavy atom. The lowest BCUT2D eigenvalue weighted by molar-refractivity contribution is 0.477. The lowest BCUT2D eigenvalue weighted by Gasteiger charge is -2.02. The van der Waals surface area contributed by atoms with Gasteiger partial charge in [-0.25, -0.2) is 0 Å². The van der Waals surface area contributed by atoms with Crippen LogP contribution in [0.4, 0.5) is 5.69 Å². The highest BCUT2D eigenvalue weighted by Gasteiger charge is 2.15. The second kappa shape index (κ2) is 3.77. The summed E-state index contributed by atoms with van der Waals surface area (Å²) in [5.41, 5.74) is 9.05. The van der Waals surface area contributed by atoms with Crippen LogP contribution in [0.3, 0.4) is 0 Å². The fourth-order valence-corrected chi connectivity index (χ4v) is 2.20. The number of para-hydroxylation sites is 1. The van der Waals surface area contributed by atoms with Crippen molar-refractivity contribution in [1.29, 1.82) is 0 Å². The molecule has 0 fully saturated rings. The summed E-state index contributed by atoms with van der Waals surface area (Å²) in [7, 11) is 1.87. The van der Waals surface area contributed by atoms with Gasteiger partial charge in [0.25, 0.3) is 0 Å². The number of rotatable bonds is 1. The lowest BCUT2D eigenvalue weighted by Crippen LogP contribution is -1.89. The Morgan fingerprint density at radius 1 is 1.11 bits per heavy atom. The average Bonchev–Trinajstić information content (AvgIpc) is 2.69. The van der Waals surface area contributed by atoms with Crippen LogP contribution in [-0.4, -0.2) is 14.9 Å². The Bertz CT molecular complexity index is 731. The highest BCUT2D eigenvalue weighted by molar-refractivity contribution is 6.02. The smallest absolute Gasteiger partial charge is 0.125 e. The van der Waals surface area contributed by atoms with Gasteiger partial charge in [0.15, 0.2) is 0 Å². The van der Waals surface area contributed by atoms with Gasteiger partial charge in [0.1, 0.15) is 11.4 Å². The molecule has 18 heavy (non-hydrogen) atoms. The SMILES string of the molecule is Cn1nc(-c2ccccc2O)c2c(N)cccc21. The molecule has 2 aromatic carbocycles. The van der Waals surface area contributed by atoms with Crippen molar-refractivity contribution in [3.63, 3.8) is 0 Å². The van der Waals surface area contributed by atoms with Crippen LogP contribution in [0.15, 0.2) is 42.5 Å². The molecule has 4 nitrogen and oxygen atoms in total. The van der Waals surface area contributed by atoms with Gasteiger partial charge in [-0.05, 0) is 24.3 Å². The summed E-state index contributed by atoms with van der Waals surface area (Å²) in [6.07, 6.45) is 0. The third-order valence-corrected chi connectivity index (χ3v) is 3.07. The quantitative estimate of drug-likeness (QED) is 0.641. The van der Waals surface area contributed by atoms with E-state index in [1.807, 2.05) is 37.4 Å². The maximum atomic E-state index is 9.93. The number of aromatic hydroxyl groups is 1. The van der Waals surface area contributed by atoms with Crippen molar-refractivity contribution in [2.24, 2.45) is 7.05 Å². The third kappa shape index (κ3) is 1.43. The molecule has 0 bridgehead atoms. The molecule has 0 atom stereocenters. The molecular weight excluding hydrogens is 226 g/mol. The molecule has 0 amide bonds. The van der Waals surface area contributed by atoms with Crippen LogP contribution >= 0.6 is 0 Å². The Balaban J connectivity index is 2.41. The second-order valence-corrected chi connectivity index (χ2v) is 4.23. The van der Waals surface area contributed by atoms with E-state index in [4.69, 9.17) is 5.73 Å². The van der Waals surface area contributed by atoms with E-state index >= 15 is 0 Å². The van der Waals surface area contributed by atoms with E-state index in [2.05, 4.69) is 5.10 Å². The number of fused-ring (bicyclic) bond motifs is 1. The number of nitrogens with zero attached hydrogens (tertiary/aromatic N) is 2. The number of hydrogen-bond donors (Lipinski definition) is 2. The first-order valence-electron chi connectivity index (χ1n) is 5.68. The van der Waals surface area contributed by atoms with Crippen LogP contribution in [0.5, 0.6) is 5.75 Å². The first-order chi connectivity index (χ1) is 8.68. The molecule has 3 aromatic rings. The van der Waals surface area contributed by atoms with Crippen LogP contribution in [0.1, 0.15) is 0 Å². The van der Waals surface area contributed by atoms with E-state index < -0.39 is 0 Å². The van der Waals surface area contributed by atoms with Gasteiger partial charge >= 0.3 is 0 Å². The summed E-state index contributed by atoms with van der Waals surface area (Å²) < 4.78 is 1.77. The molecule has 0 saturated heterocycles. The van der Waals surface area contributed by atoms with E-state index in [0.29, 0.717) is 16.9 Å². The van der Waals surface area contributed by atoms with Crippen molar-refractivity contribution >= 4 is 16.6 Å². The molecule has 3 rings (SSSR count). The van der Waals surface area contributed by atoms with Crippen LogP contribution in [-0.2, 0) is 7.05 Å². The molecule has 1 aromatic heterocycles. The Hall–Kier alpha value is -2.49. The number of phenolic OH excluding ortho intramolecular Hbond substituents is 1. The molecule has 0 aliphatic heterocycles. The number of nitrogen functional groups attached to an aromatic ring is 1. The largest absolute Gasteiger partial charge is 0.507 e. The zero-order valence-electron chi connectivity index (χ0n) is 9.96. The topological polar surface area (TPSA) is 64.1 Å². The summed E-state index contributed by atoms with van der Waals surface area (Å²) in [5.74, 6) is 0.209. The highest BCUT2D eigenvalue weighted by atomic mass is 16.3. The minimum absolute atomic E-state index is 0.209. The van der Waals surface area contributed by atoms with E-state index in [0.717, 1.165) is 10.9 Å². The lowest BCUT2D eigenvalue weighted by atomic mass is 10.1. The summed E-state index contributed by atoms with van der Waals surface area (Å²) in [6, 6.07) is 12.8. The van der Waals surface area contributed by atoms with Gasteiger partial charge in [-0.15, -0.1) is 0 Å². The minimum atomic E-state index is 0.209. The van der Waals surface area contributed by atoms with E-state index in [9.17, 15) is 5.11 Å². The van der Waals surface area contributed by atoms with Gasteiger partial charge in [0.05, 0.1) is 10.9 Å². The van der Waals surface area contributed by atoms with E-state index in [-0.39, 0.29) is 5.75 Å². The van der Waals surface area contributed by atoms with Crippen molar-refractivity contribution < 1.29 is 5.11 Å². The Morgan fingerprint density at radius 3 is 2.67 bits per heavy atom. The normalized spacial score (nSPS) is 10.9. The third-order valence-electron chi connectivity index (χ3n) is 3.07. The van der Waals surface area contributed by atoms with Crippen LogP contribution in [0.25, 0.3) is 22.2 Å². The Kier molecular flexibility index (Phi) is 2.23. The zero-order valence-corrected chi connectivity index (χ0v) is 9.96. The van der Waals surface area contributed by atoms with Gasteiger partial charge in [0, 0.05) is 18.3 Å². The van der Waals surface area contributed by atoms with Crippen molar-refractivity contribution in [2.45, 2.75) is 0 Å². The van der Waals surface area contributed by atoms with Gasteiger partial charge in [-0.3, -0.25) is 4.68 Å². The van der Waals surface area contributed by atoms with E-state index in [1.54, 1.807) is 16.8 Å². The minimum Gasteiger partial charge on any atom is -0.507 e. The number of hydrogen-bond acceptors (Lipinski definition) is 3. The van der Waals surface area contributed by atoms with Gasteiger partial charge < -0.3 is 10.8 Å². The van der Waals surface area contributed by atoms with Gasteiger partial charge in [-0.1, -0.05) is 18.2 Å². The molecule has 3 N–H and O–H groups in total. The van der Waals surface area contributed by atoms with Crippen molar-refractivity contribution in [2.75, 3.05) is 5.73 Å². The van der Waals surface area contributed by atoms with Crippen LogP contribution in [0, 0.1) is 0 Å². The molecule has 1 heterocycles. The molecular formula is C14H13N3O. The maximum absolute atomic E-state index is 9.93. The van der Waals surface area contributed by atoms with Crippen LogP contribution < -0.4 is 5.73 Å². The fourth-order valence-electron chi connectivity index (χ4n) is 2.20. The second-order valence-electron chi connectivity index (χ2n) is 4.23. The zero-order chi connectivity index (χ0) is 12.7. The summed E-state index contributed by atoms with van der Waals surface area (Å²) >= 11 is 0. The molecule has 0 aliphatic rings. The Labute approximate surface area is 104 Å². The first kappa shape index (κ1) is 10.7. The number of phenols is 1. The summed E-state index contributed by atoms with van der Waals surface area (Å²) in [5, 5.41) is 15.3. The van der Waals surface area contributed by atoms with Crippen molar-refractivity contribution in [3.8, 4) is 17.0 Å². The fraction of sp³-hybridized carbons (Fsp3) is 0.0714. The molecule has 0 unspecified atom stereocenters. The van der Waals surface area contributed by atoms with Crippen molar-refractivity contribution in [1.82, 2.24) is 9.78 Å². The van der Waals surface area contributed by atoms with Gasteiger partial charge in [0.2, 0.25) is 0 Å². The molecule has 0 saturated carbocycles. The maximum Gasteiger partial charge on any atom is 0.125 e. The first-order valence-corrected chi connectivity index (χ1v) is 5.68. The van der Waals surface area contributed by atoms with E-state index in [1.165, 1.54) is 0 Å². The predicted molar refractivity (Wildman–Crippen MR) is 72.2 cm³/mol. The number of anilines is 1. The monoisotopic (exact) mass is 239 g/mol. The summed E-state index contributed by atoms with van der Waals surface area (Å²) in [6.45, 7) is 0. The molecule has 90 valence electrons. The predicted octanol–water partition coefficient (Wildman–Crippen LogP) is 2.53. The van der Waals surface area contributed by atoms with Crippen molar-refractivity contribution in [3.05, 3.63) is 42.5 Å². The van der Waals surface area contributed by atoms with Crippen LogP contribution in [0.2, 0.25) is 0 Å². The average molecular weight is 239 g/mol. The number of benzene rings is 2. The standard InChI is InChI=1S/C14H13N3O/c1-17-11-7-4-6-10(15)13(11)14(16-17)9-5-2-3-8-12(9)18/h2-8,18H,15H2,1H3. The molecule has 0 radical (unpaired) electrons. The molecule has 4 heteroatoms. The molecule has 0 spiro atoms. The number of aromatic nitrogens is 2. The van der Waals surface area contributed by atoms with Gasteiger partial charge in [-0.2, -0.15) is 5.10 Å². The number of nitrogens with two attached hydrogens (primary N) is 1. The number of aryl methyl sites for hydroxylation is 1. The highest BCUT2D eigenvalue weighted by Crippen LogP contribution is 2.35. The summed E-state index contributed by atoms with van der Waals surface area (Å²) in [4.78, 5) is 0. The molecule has 0 aliphatic carbocycles.